The Hall–Kier alpha value is -2.01. The van der Waals surface area contributed by atoms with Crippen LogP contribution in [-0.2, 0) is 4.79 Å². The number of hydrogen-bond donors (Lipinski definition) is 1. The summed E-state index contributed by atoms with van der Waals surface area (Å²) in [6, 6.07) is 12.4. The van der Waals surface area contributed by atoms with Crippen molar-refractivity contribution in [2.45, 2.75) is 24.8 Å². The number of ether oxygens (including phenoxy) is 1. The van der Waals surface area contributed by atoms with Crippen LogP contribution in [0.25, 0.3) is 0 Å². The minimum absolute atomic E-state index is 0.0635. The molecule has 1 amide bonds. The highest BCUT2D eigenvalue weighted by atomic mass is 32.2. The molecule has 0 heterocycles. The quantitative estimate of drug-likeness (QED) is 0.809. The Balaban J connectivity index is 1.90. The molecule has 5 heteroatoms. The lowest BCUT2D eigenvalue weighted by Gasteiger charge is -2.15. The lowest BCUT2D eigenvalue weighted by Crippen LogP contribution is -2.28. The van der Waals surface area contributed by atoms with Crippen molar-refractivity contribution in [1.29, 1.82) is 0 Å². The first-order valence-electron chi connectivity index (χ1n) is 7.32. The standard InChI is InChI=1S/C18H20FNO2S/c1-12-4-7-15(8-5-12)23-11-18(21)20-13(2)14-6-9-16(19)17(10-14)22-3/h4-10,13H,11H2,1-3H3,(H,20,21). The molecule has 1 unspecified atom stereocenters. The Morgan fingerprint density at radius 3 is 2.61 bits per heavy atom. The minimum Gasteiger partial charge on any atom is -0.494 e. The highest BCUT2D eigenvalue weighted by Gasteiger charge is 2.12. The van der Waals surface area contributed by atoms with Crippen molar-refractivity contribution in [3.8, 4) is 5.75 Å². The second-order valence-electron chi connectivity index (χ2n) is 5.28. The lowest BCUT2D eigenvalue weighted by atomic mass is 10.1. The Labute approximate surface area is 140 Å². The van der Waals surface area contributed by atoms with Gasteiger partial charge in [0.15, 0.2) is 11.6 Å². The third-order valence-electron chi connectivity index (χ3n) is 3.44. The fourth-order valence-electron chi connectivity index (χ4n) is 2.10. The molecular weight excluding hydrogens is 313 g/mol. The molecule has 0 saturated heterocycles. The van der Waals surface area contributed by atoms with Gasteiger partial charge in [-0.3, -0.25) is 4.79 Å². The zero-order valence-electron chi connectivity index (χ0n) is 13.4. The zero-order chi connectivity index (χ0) is 16.8. The van der Waals surface area contributed by atoms with Crippen molar-refractivity contribution in [1.82, 2.24) is 5.32 Å². The van der Waals surface area contributed by atoms with Crippen LogP contribution in [-0.4, -0.2) is 18.8 Å². The van der Waals surface area contributed by atoms with Gasteiger partial charge in [0.2, 0.25) is 5.91 Å². The molecule has 0 aliphatic carbocycles. The van der Waals surface area contributed by atoms with E-state index in [4.69, 9.17) is 4.74 Å². The number of amides is 1. The first-order chi connectivity index (χ1) is 11.0. The summed E-state index contributed by atoms with van der Waals surface area (Å²) in [7, 11) is 1.42. The van der Waals surface area contributed by atoms with Crippen molar-refractivity contribution < 1.29 is 13.9 Å². The largest absolute Gasteiger partial charge is 0.494 e. The first-order valence-corrected chi connectivity index (χ1v) is 8.30. The summed E-state index contributed by atoms with van der Waals surface area (Å²) >= 11 is 1.49. The molecular formula is C18H20FNO2S. The summed E-state index contributed by atoms with van der Waals surface area (Å²) in [4.78, 5) is 13.1. The van der Waals surface area contributed by atoms with Crippen LogP contribution >= 0.6 is 11.8 Å². The van der Waals surface area contributed by atoms with Gasteiger partial charge in [-0.25, -0.2) is 4.39 Å². The van der Waals surface area contributed by atoms with Crippen molar-refractivity contribution in [2.24, 2.45) is 0 Å². The van der Waals surface area contributed by atoms with Crippen LogP contribution in [0.1, 0.15) is 24.1 Å². The number of benzene rings is 2. The summed E-state index contributed by atoms with van der Waals surface area (Å²) in [6.07, 6.45) is 0. The van der Waals surface area contributed by atoms with E-state index in [1.165, 1.54) is 30.5 Å². The number of hydrogen-bond acceptors (Lipinski definition) is 3. The minimum atomic E-state index is -0.412. The van der Waals surface area contributed by atoms with E-state index in [2.05, 4.69) is 5.32 Å². The molecule has 1 N–H and O–H groups in total. The number of rotatable bonds is 6. The summed E-state index contributed by atoms with van der Waals surface area (Å²) in [5.41, 5.74) is 2.00. The van der Waals surface area contributed by atoms with E-state index in [0.717, 1.165) is 10.5 Å². The Kier molecular flexibility index (Phi) is 6.04. The van der Waals surface area contributed by atoms with Gasteiger partial charge < -0.3 is 10.1 Å². The van der Waals surface area contributed by atoms with Crippen LogP contribution in [0, 0.1) is 12.7 Å². The molecule has 3 nitrogen and oxygen atoms in total. The van der Waals surface area contributed by atoms with Gasteiger partial charge in [-0.2, -0.15) is 0 Å². The number of nitrogens with one attached hydrogen (secondary N) is 1. The van der Waals surface area contributed by atoms with Gasteiger partial charge in [0.25, 0.3) is 0 Å². The molecule has 0 aliphatic rings. The van der Waals surface area contributed by atoms with E-state index in [1.54, 1.807) is 12.1 Å². The van der Waals surface area contributed by atoms with Gasteiger partial charge in [0.1, 0.15) is 0 Å². The fraction of sp³-hybridized carbons (Fsp3) is 0.278. The third kappa shape index (κ3) is 4.99. The molecule has 0 spiro atoms. The summed E-state index contributed by atoms with van der Waals surface area (Å²) in [6.45, 7) is 3.89. The number of halogens is 1. The van der Waals surface area contributed by atoms with E-state index in [-0.39, 0.29) is 17.7 Å². The second kappa shape index (κ2) is 8.02. The maximum atomic E-state index is 13.4. The van der Waals surface area contributed by atoms with Gasteiger partial charge in [0, 0.05) is 4.90 Å². The number of aryl methyl sites for hydroxylation is 1. The summed E-state index contributed by atoms with van der Waals surface area (Å²) in [5, 5.41) is 2.91. The van der Waals surface area contributed by atoms with Crippen LogP contribution in [0.4, 0.5) is 4.39 Å². The smallest absolute Gasteiger partial charge is 0.230 e. The second-order valence-corrected chi connectivity index (χ2v) is 6.33. The predicted molar refractivity (Wildman–Crippen MR) is 91.4 cm³/mol. The number of methoxy groups -OCH3 is 1. The van der Waals surface area contributed by atoms with Gasteiger partial charge in [0.05, 0.1) is 18.9 Å². The topological polar surface area (TPSA) is 38.3 Å². The van der Waals surface area contributed by atoms with E-state index >= 15 is 0 Å². The van der Waals surface area contributed by atoms with Gasteiger partial charge >= 0.3 is 0 Å². The average molecular weight is 333 g/mol. The summed E-state index contributed by atoms with van der Waals surface area (Å²) < 4.78 is 18.4. The van der Waals surface area contributed by atoms with E-state index < -0.39 is 5.82 Å². The average Bonchev–Trinajstić information content (AvgIpc) is 2.54. The highest BCUT2D eigenvalue weighted by molar-refractivity contribution is 8.00. The molecule has 0 aromatic heterocycles. The van der Waals surface area contributed by atoms with E-state index in [9.17, 15) is 9.18 Å². The van der Waals surface area contributed by atoms with Gasteiger partial charge in [-0.05, 0) is 43.7 Å². The van der Waals surface area contributed by atoms with Gasteiger partial charge in [-0.15, -0.1) is 11.8 Å². The molecule has 0 aliphatic heterocycles. The monoisotopic (exact) mass is 333 g/mol. The predicted octanol–water partition coefficient (Wildman–Crippen LogP) is 4.11. The maximum absolute atomic E-state index is 13.4. The Morgan fingerprint density at radius 1 is 1.26 bits per heavy atom. The highest BCUT2D eigenvalue weighted by Crippen LogP contribution is 2.23. The van der Waals surface area contributed by atoms with Crippen LogP contribution < -0.4 is 10.1 Å². The molecule has 2 aromatic rings. The zero-order valence-corrected chi connectivity index (χ0v) is 14.2. The van der Waals surface area contributed by atoms with E-state index in [1.807, 2.05) is 38.1 Å². The summed E-state index contributed by atoms with van der Waals surface area (Å²) in [5.74, 6) is 0.0415. The molecule has 122 valence electrons. The number of carbonyl (C=O) groups is 1. The maximum Gasteiger partial charge on any atom is 0.230 e. The van der Waals surface area contributed by atoms with Crippen LogP contribution in [0.2, 0.25) is 0 Å². The molecule has 2 aromatic carbocycles. The molecule has 2 rings (SSSR count). The van der Waals surface area contributed by atoms with Crippen molar-refractivity contribution in [2.75, 3.05) is 12.9 Å². The SMILES string of the molecule is COc1cc(C(C)NC(=O)CSc2ccc(C)cc2)ccc1F. The normalized spacial score (nSPS) is 11.8. The molecule has 0 saturated carbocycles. The van der Waals surface area contributed by atoms with Gasteiger partial charge in [-0.1, -0.05) is 23.8 Å². The van der Waals surface area contributed by atoms with Crippen molar-refractivity contribution in [3.05, 3.63) is 59.4 Å². The lowest BCUT2D eigenvalue weighted by molar-refractivity contribution is -0.119. The third-order valence-corrected chi connectivity index (χ3v) is 4.46. The fourth-order valence-corrected chi connectivity index (χ4v) is 2.81. The van der Waals surface area contributed by atoms with Crippen LogP contribution in [0.5, 0.6) is 5.75 Å². The number of carbonyl (C=O) groups excluding carboxylic acids is 1. The molecule has 0 bridgehead atoms. The van der Waals surface area contributed by atoms with Crippen molar-refractivity contribution >= 4 is 17.7 Å². The Morgan fingerprint density at radius 2 is 1.96 bits per heavy atom. The van der Waals surface area contributed by atoms with Crippen LogP contribution in [0.3, 0.4) is 0 Å². The van der Waals surface area contributed by atoms with E-state index in [0.29, 0.717) is 5.75 Å². The first kappa shape index (κ1) is 17.3. The Bertz CT molecular complexity index is 673. The molecule has 0 fully saturated rings. The molecule has 0 radical (unpaired) electrons. The molecule has 1 atom stereocenters. The van der Waals surface area contributed by atoms with Crippen molar-refractivity contribution in [3.63, 3.8) is 0 Å². The van der Waals surface area contributed by atoms with Crippen LogP contribution in [0.15, 0.2) is 47.4 Å². The number of thioether (sulfide) groups is 1. The molecule has 23 heavy (non-hydrogen) atoms.